The van der Waals surface area contributed by atoms with E-state index in [2.05, 4.69) is 32.2 Å². The predicted molar refractivity (Wildman–Crippen MR) is 66.9 cm³/mol. The SMILES string of the molecule is CC(C)C[C@@H](C)NCc1ccccc1C#N. The van der Waals surface area contributed by atoms with Crippen LogP contribution >= 0.6 is 0 Å². The summed E-state index contributed by atoms with van der Waals surface area (Å²) < 4.78 is 0. The Kier molecular flexibility index (Phi) is 5.01. The molecule has 0 radical (unpaired) electrons. The number of nitrogens with zero attached hydrogens (tertiary/aromatic N) is 1. The number of nitrogens with one attached hydrogen (secondary N) is 1. The fourth-order valence-corrected chi connectivity index (χ4v) is 1.86. The lowest BCUT2D eigenvalue weighted by Gasteiger charge is -2.16. The molecule has 1 aromatic carbocycles. The third-order valence-electron chi connectivity index (χ3n) is 2.60. The number of nitriles is 1. The first-order valence-electron chi connectivity index (χ1n) is 5.85. The van der Waals surface area contributed by atoms with Gasteiger partial charge >= 0.3 is 0 Å². The zero-order chi connectivity index (χ0) is 12.0. The second-order valence-electron chi connectivity index (χ2n) is 4.68. The third kappa shape index (κ3) is 4.04. The lowest BCUT2D eigenvalue weighted by atomic mass is 10.0. The molecule has 0 aliphatic heterocycles. The second-order valence-corrected chi connectivity index (χ2v) is 4.68. The van der Waals surface area contributed by atoms with Crippen molar-refractivity contribution >= 4 is 0 Å². The minimum atomic E-state index is 0.492. The lowest BCUT2D eigenvalue weighted by molar-refractivity contribution is 0.441. The maximum absolute atomic E-state index is 8.95. The Balaban J connectivity index is 2.52. The summed E-state index contributed by atoms with van der Waals surface area (Å²) in [4.78, 5) is 0. The molecule has 1 N–H and O–H groups in total. The van der Waals surface area contributed by atoms with Gasteiger partial charge in [0, 0.05) is 12.6 Å². The van der Waals surface area contributed by atoms with Gasteiger partial charge in [-0.15, -0.1) is 0 Å². The molecule has 2 heteroatoms. The van der Waals surface area contributed by atoms with Gasteiger partial charge in [-0.1, -0.05) is 32.0 Å². The third-order valence-corrected chi connectivity index (χ3v) is 2.60. The quantitative estimate of drug-likeness (QED) is 0.821. The van der Waals surface area contributed by atoms with E-state index >= 15 is 0 Å². The molecule has 0 amide bonds. The van der Waals surface area contributed by atoms with Gasteiger partial charge in [-0.05, 0) is 30.9 Å². The van der Waals surface area contributed by atoms with Crippen molar-refractivity contribution in [2.45, 2.75) is 39.8 Å². The average Bonchev–Trinajstić information content (AvgIpc) is 2.26. The van der Waals surface area contributed by atoms with E-state index in [9.17, 15) is 0 Å². The van der Waals surface area contributed by atoms with Crippen LogP contribution in [0.15, 0.2) is 24.3 Å². The molecule has 0 aliphatic carbocycles. The van der Waals surface area contributed by atoms with Gasteiger partial charge < -0.3 is 5.32 Å². The molecule has 0 bridgehead atoms. The Morgan fingerprint density at radius 3 is 2.56 bits per heavy atom. The van der Waals surface area contributed by atoms with Gasteiger partial charge in [-0.2, -0.15) is 5.26 Å². The van der Waals surface area contributed by atoms with E-state index in [4.69, 9.17) is 5.26 Å². The smallest absolute Gasteiger partial charge is 0.0995 e. The summed E-state index contributed by atoms with van der Waals surface area (Å²) in [5.74, 6) is 0.703. The Morgan fingerprint density at radius 1 is 1.25 bits per heavy atom. The monoisotopic (exact) mass is 216 g/mol. The molecule has 0 saturated heterocycles. The highest BCUT2D eigenvalue weighted by Crippen LogP contribution is 2.09. The van der Waals surface area contributed by atoms with Gasteiger partial charge in [-0.25, -0.2) is 0 Å². The summed E-state index contributed by atoms with van der Waals surface area (Å²) in [7, 11) is 0. The predicted octanol–water partition coefficient (Wildman–Crippen LogP) is 3.08. The van der Waals surface area contributed by atoms with E-state index in [-0.39, 0.29) is 0 Å². The van der Waals surface area contributed by atoms with E-state index in [1.807, 2.05) is 24.3 Å². The first kappa shape index (κ1) is 12.7. The molecule has 1 aromatic rings. The molecule has 0 aliphatic rings. The molecule has 1 atom stereocenters. The summed E-state index contributed by atoms with van der Waals surface area (Å²) in [5, 5.41) is 12.4. The Hall–Kier alpha value is -1.33. The van der Waals surface area contributed by atoms with Crippen LogP contribution in [0.4, 0.5) is 0 Å². The summed E-state index contributed by atoms with van der Waals surface area (Å²) in [6, 6.07) is 10.5. The van der Waals surface area contributed by atoms with E-state index in [1.165, 1.54) is 0 Å². The zero-order valence-electron chi connectivity index (χ0n) is 10.3. The highest BCUT2D eigenvalue weighted by molar-refractivity contribution is 5.37. The molecule has 0 fully saturated rings. The summed E-state index contributed by atoms with van der Waals surface area (Å²) in [6.07, 6.45) is 1.16. The molecule has 0 unspecified atom stereocenters. The van der Waals surface area contributed by atoms with Crippen LogP contribution in [-0.4, -0.2) is 6.04 Å². The summed E-state index contributed by atoms with van der Waals surface area (Å²) in [6.45, 7) is 7.41. The topological polar surface area (TPSA) is 35.8 Å². The van der Waals surface area contributed by atoms with Gasteiger partial charge in [0.1, 0.15) is 0 Å². The van der Waals surface area contributed by atoms with Crippen LogP contribution in [0.2, 0.25) is 0 Å². The molecule has 2 nitrogen and oxygen atoms in total. The highest BCUT2D eigenvalue weighted by Gasteiger charge is 2.06. The number of hydrogen-bond donors (Lipinski definition) is 1. The average molecular weight is 216 g/mol. The minimum Gasteiger partial charge on any atom is -0.310 e. The van der Waals surface area contributed by atoms with Crippen LogP contribution in [0.3, 0.4) is 0 Å². The minimum absolute atomic E-state index is 0.492. The highest BCUT2D eigenvalue weighted by atomic mass is 14.9. The van der Waals surface area contributed by atoms with E-state index in [1.54, 1.807) is 0 Å². The lowest BCUT2D eigenvalue weighted by Crippen LogP contribution is -2.27. The number of benzene rings is 1. The molecule has 86 valence electrons. The van der Waals surface area contributed by atoms with Crippen molar-refractivity contribution < 1.29 is 0 Å². The first-order valence-corrected chi connectivity index (χ1v) is 5.85. The van der Waals surface area contributed by atoms with Crippen molar-refractivity contribution in [3.63, 3.8) is 0 Å². The Labute approximate surface area is 98.3 Å². The number of rotatable bonds is 5. The molecule has 1 rings (SSSR count). The van der Waals surface area contributed by atoms with Gasteiger partial charge in [0.15, 0.2) is 0 Å². The largest absolute Gasteiger partial charge is 0.310 e. The molecule has 0 heterocycles. The van der Waals surface area contributed by atoms with Crippen LogP contribution in [-0.2, 0) is 6.54 Å². The van der Waals surface area contributed by atoms with Gasteiger partial charge in [0.25, 0.3) is 0 Å². The van der Waals surface area contributed by atoms with Crippen molar-refractivity contribution in [2.24, 2.45) is 5.92 Å². The standard InChI is InChI=1S/C14H20N2/c1-11(2)8-12(3)16-10-14-7-5-4-6-13(14)9-15/h4-7,11-12,16H,8,10H2,1-3H3/t12-/m1/s1. The van der Waals surface area contributed by atoms with Crippen molar-refractivity contribution in [1.82, 2.24) is 5.32 Å². The maximum Gasteiger partial charge on any atom is 0.0995 e. The van der Waals surface area contributed by atoms with E-state index < -0.39 is 0 Å². The Morgan fingerprint density at radius 2 is 1.94 bits per heavy atom. The van der Waals surface area contributed by atoms with Crippen molar-refractivity contribution in [3.05, 3.63) is 35.4 Å². The second kappa shape index (κ2) is 6.30. The molecule has 16 heavy (non-hydrogen) atoms. The fourth-order valence-electron chi connectivity index (χ4n) is 1.86. The number of hydrogen-bond acceptors (Lipinski definition) is 2. The maximum atomic E-state index is 8.95. The van der Waals surface area contributed by atoms with E-state index in [0.717, 1.165) is 24.1 Å². The van der Waals surface area contributed by atoms with Gasteiger partial charge in [-0.3, -0.25) is 0 Å². The fraction of sp³-hybridized carbons (Fsp3) is 0.500. The molecular formula is C14H20N2. The normalized spacial score (nSPS) is 12.4. The molecule has 0 spiro atoms. The Bertz CT molecular complexity index is 363. The van der Waals surface area contributed by atoms with Crippen LogP contribution in [0.5, 0.6) is 0 Å². The molecule has 0 aromatic heterocycles. The van der Waals surface area contributed by atoms with Gasteiger partial charge in [0.2, 0.25) is 0 Å². The van der Waals surface area contributed by atoms with Crippen molar-refractivity contribution in [3.8, 4) is 6.07 Å². The first-order chi connectivity index (χ1) is 7.63. The van der Waals surface area contributed by atoms with Crippen molar-refractivity contribution in [2.75, 3.05) is 0 Å². The van der Waals surface area contributed by atoms with Crippen LogP contribution in [0.1, 0.15) is 38.3 Å². The molecular weight excluding hydrogens is 196 g/mol. The summed E-state index contributed by atoms with van der Waals surface area (Å²) in [5.41, 5.74) is 1.85. The van der Waals surface area contributed by atoms with Crippen LogP contribution in [0.25, 0.3) is 0 Å². The van der Waals surface area contributed by atoms with Crippen LogP contribution in [0, 0.1) is 17.2 Å². The van der Waals surface area contributed by atoms with Crippen LogP contribution < -0.4 is 5.32 Å². The van der Waals surface area contributed by atoms with Gasteiger partial charge in [0.05, 0.1) is 11.6 Å². The van der Waals surface area contributed by atoms with Crippen molar-refractivity contribution in [1.29, 1.82) is 5.26 Å². The van der Waals surface area contributed by atoms with E-state index in [0.29, 0.717) is 12.0 Å². The molecule has 0 saturated carbocycles. The summed E-state index contributed by atoms with van der Waals surface area (Å²) >= 11 is 0. The zero-order valence-corrected chi connectivity index (χ0v) is 10.3.